The number of hydrogen-bond acceptors (Lipinski definition) is 8. The molecule has 6 aliphatic rings. The van der Waals surface area contributed by atoms with Crippen LogP contribution in [0.4, 0.5) is 5.13 Å². The average molecular weight is 762 g/mol. The number of amides is 5. The molecule has 5 amide bonds. The first-order chi connectivity index (χ1) is 26.5. The molecule has 3 heterocycles. The minimum atomic E-state index is -0.644. The fraction of sp³-hybridized carbons (Fsp3) is 0.488. The molecule has 1 atom stereocenters. The predicted molar refractivity (Wildman–Crippen MR) is 207 cm³/mol. The number of piperidine rings is 1. The Morgan fingerprint density at radius 1 is 1.07 bits per heavy atom. The third kappa shape index (κ3) is 7.51. The summed E-state index contributed by atoms with van der Waals surface area (Å²) in [6.07, 6.45) is 10.2. The smallest absolute Gasteiger partial charge is 0.255 e. The Kier molecular flexibility index (Phi) is 10.0. The Labute approximate surface area is 325 Å². The number of rotatable bonds is 13. The van der Waals surface area contributed by atoms with Crippen molar-refractivity contribution in [2.45, 2.75) is 114 Å². The molecule has 2 aromatic carbocycles. The van der Waals surface area contributed by atoms with Gasteiger partial charge in [-0.05, 0) is 107 Å². The van der Waals surface area contributed by atoms with Crippen LogP contribution < -0.4 is 20.3 Å². The zero-order valence-electron chi connectivity index (χ0n) is 31.5. The molecule has 2 bridgehead atoms. The lowest BCUT2D eigenvalue weighted by atomic mass is 9.63. The van der Waals surface area contributed by atoms with Gasteiger partial charge in [0.15, 0.2) is 5.13 Å². The number of benzene rings is 2. The fourth-order valence-electron chi connectivity index (χ4n) is 8.93. The summed E-state index contributed by atoms with van der Waals surface area (Å²) in [5.41, 5.74) is 4.12. The molecule has 2 N–H and O–H groups in total. The summed E-state index contributed by atoms with van der Waals surface area (Å²) < 4.78 is 6.04. The summed E-state index contributed by atoms with van der Waals surface area (Å²) in [5, 5.41) is 6.42. The Morgan fingerprint density at radius 2 is 1.89 bits per heavy atom. The molecule has 9 rings (SSSR count). The molecule has 55 heavy (non-hydrogen) atoms. The van der Waals surface area contributed by atoms with Gasteiger partial charge in [0.05, 0.1) is 18.7 Å². The van der Waals surface area contributed by atoms with Gasteiger partial charge >= 0.3 is 0 Å². The highest BCUT2D eigenvalue weighted by atomic mass is 32.1. The number of nitrogens with one attached hydrogen (secondary N) is 2. The number of likely N-dealkylation sites (N-methyl/N-ethyl adjacent to an activating group) is 1. The zero-order valence-corrected chi connectivity index (χ0v) is 32.3. The van der Waals surface area contributed by atoms with Crippen LogP contribution in [-0.2, 0) is 37.6 Å². The minimum Gasteiger partial charge on any atom is -0.494 e. The quantitative estimate of drug-likeness (QED) is 0.133. The van der Waals surface area contributed by atoms with Crippen molar-refractivity contribution in [3.63, 3.8) is 0 Å². The Hall–Kier alpha value is -5.02. The first-order valence-electron chi connectivity index (χ1n) is 19.6. The molecular weight excluding hydrogens is 715 g/mol. The molecule has 12 heteroatoms. The maximum atomic E-state index is 13.4. The van der Waals surface area contributed by atoms with E-state index in [1.807, 2.05) is 36.4 Å². The molecule has 5 fully saturated rings. The number of nitrogens with zero attached hydrogens (tertiary/aromatic N) is 3. The number of anilines is 1. The molecule has 11 nitrogen and oxygen atoms in total. The van der Waals surface area contributed by atoms with Crippen LogP contribution in [0.2, 0.25) is 0 Å². The van der Waals surface area contributed by atoms with Crippen molar-refractivity contribution in [2.75, 3.05) is 18.6 Å². The molecule has 286 valence electrons. The summed E-state index contributed by atoms with van der Waals surface area (Å²) in [6.45, 7) is 2.97. The number of fused-ring (bicyclic) bond motifs is 2. The second kappa shape index (κ2) is 14.9. The van der Waals surface area contributed by atoms with Crippen LogP contribution in [0, 0.1) is 24.7 Å². The molecule has 4 aliphatic carbocycles. The maximum Gasteiger partial charge on any atom is 0.255 e. The van der Waals surface area contributed by atoms with Gasteiger partial charge in [-0.3, -0.25) is 34.2 Å². The van der Waals surface area contributed by atoms with Gasteiger partial charge in [0.25, 0.3) is 5.91 Å². The van der Waals surface area contributed by atoms with Crippen LogP contribution in [0.25, 0.3) is 0 Å². The van der Waals surface area contributed by atoms with Crippen molar-refractivity contribution >= 4 is 46.0 Å². The average Bonchev–Trinajstić information content (AvgIpc) is 3.56. The van der Waals surface area contributed by atoms with E-state index in [1.165, 1.54) is 0 Å². The molecule has 1 unspecified atom stereocenters. The van der Waals surface area contributed by atoms with Gasteiger partial charge in [-0.15, -0.1) is 11.3 Å². The van der Waals surface area contributed by atoms with Crippen molar-refractivity contribution in [3.8, 4) is 17.6 Å². The van der Waals surface area contributed by atoms with Crippen molar-refractivity contribution in [1.29, 1.82) is 0 Å². The van der Waals surface area contributed by atoms with E-state index in [0.29, 0.717) is 31.6 Å². The molecule has 2 aliphatic heterocycles. The summed E-state index contributed by atoms with van der Waals surface area (Å²) >= 11 is 1.57. The van der Waals surface area contributed by atoms with E-state index < -0.39 is 11.9 Å². The Balaban J connectivity index is 0.769. The van der Waals surface area contributed by atoms with Crippen LogP contribution >= 0.6 is 11.3 Å². The van der Waals surface area contributed by atoms with E-state index >= 15 is 0 Å². The monoisotopic (exact) mass is 761 g/mol. The zero-order chi connectivity index (χ0) is 38.3. The molecule has 0 radical (unpaired) electrons. The SMILES string of the molecule is Cc1sc(N(C)C(=O)Cc2cccc(OCCCCCC#Cc3cccc4c3CN(C3CCC(=O)NC3=O)C4=O)c2)nc1C12CCC(NC(=O)C3CC3)(C1)C2. The number of carbonyl (C=O) groups excluding carboxylic acids is 5. The summed E-state index contributed by atoms with van der Waals surface area (Å²) in [6, 6.07) is 12.6. The second-order valence-electron chi connectivity index (χ2n) is 16.0. The van der Waals surface area contributed by atoms with Crippen LogP contribution in [0.3, 0.4) is 0 Å². The van der Waals surface area contributed by atoms with E-state index in [0.717, 1.165) is 95.9 Å². The Bertz CT molecular complexity index is 2120. The molecule has 1 saturated heterocycles. The van der Waals surface area contributed by atoms with Gasteiger partial charge in [0, 0.05) is 59.3 Å². The van der Waals surface area contributed by atoms with Crippen LogP contribution in [0.1, 0.15) is 115 Å². The highest BCUT2D eigenvalue weighted by Crippen LogP contribution is 2.63. The molecule has 4 saturated carbocycles. The number of unbranched alkanes of at least 4 members (excludes halogenated alkanes) is 3. The molecule has 3 aromatic rings. The number of carbonyl (C=O) groups is 5. The van der Waals surface area contributed by atoms with Gasteiger partial charge in [-0.1, -0.05) is 30.0 Å². The number of ether oxygens (including phenoxy) is 1. The van der Waals surface area contributed by atoms with E-state index in [1.54, 1.807) is 34.3 Å². The van der Waals surface area contributed by atoms with Crippen molar-refractivity contribution in [1.82, 2.24) is 20.5 Å². The van der Waals surface area contributed by atoms with Crippen molar-refractivity contribution < 1.29 is 28.7 Å². The van der Waals surface area contributed by atoms with Crippen LogP contribution in [0.5, 0.6) is 5.75 Å². The fourth-order valence-corrected chi connectivity index (χ4v) is 9.94. The topological polar surface area (TPSA) is 138 Å². The Morgan fingerprint density at radius 3 is 2.69 bits per heavy atom. The normalized spacial score (nSPS) is 23.7. The largest absolute Gasteiger partial charge is 0.494 e. The molecule has 1 aromatic heterocycles. The highest BCUT2D eigenvalue weighted by molar-refractivity contribution is 7.15. The predicted octanol–water partition coefficient (Wildman–Crippen LogP) is 5.50. The van der Waals surface area contributed by atoms with E-state index in [-0.39, 0.29) is 53.3 Å². The highest BCUT2D eigenvalue weighted by Gasteiger charge is 2.63. The van der Waals surface area contributed by atoms with Crippen LogP contribution in [-0.4, -0.2) is 64.7 Å². The lowest BCUT2D eigenvalue weighted by molar-refractivity contribution is -0.137. The van der Waals surface area contributed by atoms with Gasteiger partial charge in [0.2, 0.25) is 23.6 Å². The standard InChI is InChI=1S/C43H47N5O6S/c1-27-37(42-19-20-43(25-42,26-42)46-38(51)30-15-16-30)45-41(55-27)47(2)36(50)23-28-10-8-13-31(22-28)54-21-7-5-3-4-6-11-29-12-9-14-32-33(29)24-48(40(32)53)34-17-18-35(49)44-39(34)52/h8-10,12-14,22,30,34H,3-5,7,15-21,23-26H2,1-2H3,(H,46,51)(H,44,49,52). The summed E-state index contributed by atoms with van der Waals surface area (Å²) in [5.74, 6) is 6.72. The lowest BCUT2D eigenvalue weighted by Gasteiger charge is -2.47. The van der Waals surface area contributed by atoms with Gasteiger partial charge < -0.3 is 15.0 Å². The third-order valence-electron chi connectivity index (χ3n) is 12.0. The van der Waals surface area contributed by atoms with Gasteiger partial charge in [0.1, 0.15) is 11.8 Å². The molecule has 0 spiro atoms. The number of aryl methyl sites for hydroxylation is 1. The summed E-state index contributed by atoms with van der Waals surface area (Å²) in [4.78, 5) is 72.3. The number of imide groups is 1. The van der Waals surface area contributed by atoms with Gasteiger partial charge in [-0.2, -0.15) is 0 Å². The number of thiazole rings is 1. The van der Waals surface area contributed by atoms with Crippen LogP contribution in [0.15, 0.2) is 42.5 Å². The maximum absolute atomic E-state index is 13.4. The number of aromatic nitrogens is 1. The van der Waals surface area contributed by atoms with E-state index in [4.69, 9.17) is 9.72 Å². The second-order valence-corrected chi connectivity index (χ2v) is 17.2. The van der Waals surface area contributed by atoms with E-state index in [2.05, 4.69) is 29.4 Å². The van der Waals surface area contributed by atoms with Crippen molar-refractivity contribution in [3.05, 3.63) is 75.3 Å². The first-order valence-corrected chi connectivity index (χ1v) is 20.4. The van der Waals surface area contributed by atoms with Crippen molar-refractivity contribution in [2.24, 2.45) is 5.92 Å². The molecular formula is C43H47N5O6S. The van der Waals surface area contributed by atoms with Gasteiger partial charge in [-0.25, -0.2) is 4.98 Å². The summed E-state index contributed by atoms with van der Waals surface area (Å²) in [7, 11) is 1.80. The number of hydrogen-bond donors (Lipinski definition) is 2. The lowest BCUT2D eigenvalue weighted by Crippen LogP contribution is -2.57. The van der Waals surface area contributed by atoms with E-state index in [9.17, 15) is 24.0 Å². The third-order valence-corrected chi connectivity index (χ3v) is 13.0. The minimum absolute atomic E-state index is 0.00877. The first kappa shape index (κ1) is 36.9.